The van der Waals surface area contributed by atoms with Gasteiger partial charge >= 0.3 is 0 Å². The number of methoxy groups -OCH3 is 1. The first-order valence-electron chi connectivity index (χ1n) is 6.73. The molecule has 1 aromatic carbocycles. The van der Waals surface area contributed by atoms with Gasteiger partial charge < -0.3 is 14.7 Å². The van der Waals surface area contributed by atoms with Crippen molar-refractivity contribution >= 4 is 11.6 Å². The predicted molar refractivity (Wildman–Crippen MR) is 75.3 cm³/mol. The van der Waals surface area contributed by atoms with Crippen LogP contribution in [0.5, 0.6) is 5.75 Å². The van der Waals surface area contributed by atoms with E-state index >= 15 is 0 Å². The van der Waals surface area contributed by atoms with Crippen molar-refractivity contribution < 1.29 is 19.6 Å². The molecule has 0 aliphatic carbocycles. The van der Waals surface area contributed by atoms with Crippen molar-refractivity contribution in [3.8, 4) is 5.75 Å². The lowest BCUT2D eigenvalue weighted by Gasteiger charge is -2.34. The summed E-state index contributed by atoms with van der Waals surface area (Å²) in [6.07, 6.45) is 0.122. The van der Waals surface area contributed by atoms with Gasteiger partial charge in [0.1, 0.15) is 5.75 Å². The molecule has 1 heterocycles. The van der Waals surface area contributed by atoms with Gasteiger partial charge in [0.05, 0.1) is 23.7 Å². The first-order chi connectivity index (χ1) is 9.93. The van der Waals surface area contributed by atoms with Crippen molar-refractivity contribution in [1.29, 1.82) is 0 Å². The van der Waals surface area contributed by atoms with Crippen LogP contribution in [0.4, 0.5) is 5.69 Å². The third kappa shape index (κ3) is 3.13. The van der Waals surface area contributed by atoms with Crippen LogP contribution in [0, 0.1) is 16.0 Å². The zero-order chi connectivity index (χ0) is 15.6. The molecule has 1 aliphatic heterocycles. The molecular weight excluding hydrogens is 276 g/mol. The van der Waals surface area contributed by atoms with Gasteiger partial charge in [0.2, 0.25) is 0 Å². The molecule has 2 unspecified atom stereocenters. The summed E-state index contributed by atoms with van der Waals surface area (Å²) in [5.74, 6) is 0.0706. The number of amides is 1. The highest BCUT2D eigenvalue weighted by Crippen LogP contribution is 2.27. The fourth-order valence-corrected chi connectivity index (χ4v) is 2.38. The lowest BCUT2D eigenvalue weighted by Crippen LogP contribution is -2.45. The van der Waals surface area contributed by atoms with E-state index in [1.165, 1.54) is 30.2 Å². The number of ether oxygens (including phenoxy) is 1. The molecule has 1 amide bonds. The normalized spacial score (nSPS) is 22.0. The zero-order valence-corrected chi connectivity index (χ0v) is 12.0. The Balaban J connectivity index is 2.29. The van der Waals surface area contributed by atoms with Crippen molar-refractivity contribution in [3.05, 3.63) is 33.9 Å². The van der Waals surface area contributed by atoms with E-state index < -0.39 is 11.0 Å². The Morgan fingerprint density at radius 1 is 1.52 bits per heavy atom. The number of nitro benzene ring substituents is 1. The summed E-state index contributed by atoms with van der Waals surface area (Å²) >= 11 is 0. The van der Waals surface area contributed by atoms with Crippen molar-refractivity contribution in [2.75, 3.05) is 20.2 Å². The third-order valence-electron chi connectivity index (χ3n) is 3.83. The molecule has 1 aromatic rings. The van der Waals surface area contributed by atoms with E-state index in [4.69, 9.17) is 4.74 Å². The first kappa shape index (κ1) is 15.2. The Kier molecular flexibility index (Phi) is 4.42. The molecule has 0 bridgehead atoms. The summed E-state index contributed by atoms with van der Waals surface area (Å²) in [5, 5.41) is 20.7. The van der Waals surface area contributed by atoms with E-state index in [0.717, 1.165) is 0 Å². The molecule has 0 saturated carbocycles. The minimum Gasteiger partial charge on any atom is -0.496 e. The van der Waals surface area contributed by atoms with Crippen LogP contribution in [-0.4, -0.2) is 47.1 Å². The summed E-state index contributed by atoms with van der Waals surface area (Å²) in [6, 6.07) is 3.92. The van der Waals surface area contributed by atoms with Crippen molar-refractivity contribution in [2.45, 2.75) is 19.4 Å². The maximum atomic E-state index is 12.5. The van der Waals surface area contributed by atoms with Gasteiger partial charge in [0.15, 0.2) is 0 Å². The number of likely N-dealkylation sites (tertiary alicyclic amines) is 1. The molecule has 7 nitrogen and oxygen atoms in total. The molecular formula is C14H18N2O5. The average molecular weight is 294 g/mol. The summed E-state index contributed by atoms with van der Waals surface area (Å²) < 4.78 is 5.11. The van der Waals surface area contributed by atoms with E-state index in [2.05, 4.69) is 0 Å². The predicted octanol–water partition coefficient (Wildman–Crippen LogP) is 1.45. The molecule has 1 aliphatic rings. The quantitative estimate of drug-likeness (QED) is 0.672. The third-order valence-corrected chi connectivity index (χ3v) is 3.83. The summed E-state index contributed by atoms with van der Waals surface area (Å²) in [7, 11) is 1.41. The summed E-state index contributed by atoms with van der Waals surface area (Å²) in [6.45, 7) is 2.68. The smallest absolute Gasteiger partial charge is 0.270 e. The standard InChI is InChI=1S/C14H18N2O5/c1-9-5-6-15(8-12(9)17)14(18)11-7-10(16(19)20)3-4-13(11)21-2/h3-4,7,9,12,17H,5-6,8H2,1-2H3. The Hall–Kier alpha value is -2.15. The largest absolute Gasteiger partial charge is 0.496 e. The molecule has 0 spiro atoms. The van der Waals surface area contributed by atoms with Gasteiger partial charge in [0, 0.05) is 25.2 Å². The second-order valence-corrected chi connectivity index (χ2v) is 5.23. The average Bonchev–Trinajstić information content (AvgIpc) is 2.48. The van der Waals surface area contributed by atoms with E-state index in [9.17, 15) is 20.0 Å². The van der Waals surface area contributed by atoms with E-state index in [1.54, 1.807) is 0 Å². The number of nitrogens with zero attached hydrogens (tertiary/aromatic N) is 2. The summed E-state index contributed by atoms with van der Waals surface area (Å²) in [4.78, 5) is 24.3. The van der Waals surface area contributed by atoms with Crippen molar-refractivity contribution in [2.24, 2.45) is 5.92 Å². The molecule has 114 valence electrons. The second-order valence-electron chi connectivity index (χ2n) is 5.23. The number of aliphatic hydroxyl groups is 1. The highest BCUT2D eigenvalue weighted by atomic mass is 16.6. The number of piperidine rings is 1. The van der Waals surface area contributed by atoms with Gasteiger partial charge in [-0.25, -0.2) is 0 Å². The van der Waals surface area contributed by atoms with Crippen LogP contribution in [0.2, 0.25) is 0 Å². The second kappa shape index (κ2) is 6.09. The topological polar surface area (TPSA) is 92.9 Å². The lowest BCUT2D eigenvalue weighted by atomic mass is 9.95. The van der Waals surface area contributed by atoms with Crippen LogP contribution in [0.25, 0.3) is 0 Å². The Morgan fingerprint density at radius 3 is 2.81 bits per heavy atom. The van der Waals surface area contributed by atoms with Crippen LogP contribution in [0.3, 0.4) is 0 Å². The van der Waals surface area contributed by atoms with Gasteiger partial charge in [-0.3, -0.25) is 14.9 Å². The molecule has 2 atom stereocenters. The monoisotopic (exact) mass is 294 g/mol. The highest BCUT2D eigenvalue weighted by Gasteiger charge is 2.30. The van der Waals surface area contributed by atoms with Crippen molar-refractivity contribution in [3.63, 3.8) is 0 Å². The van der Waals surface area contributed by atoms with Crippen LogP contribution >= 0.6 is 0 Å². The van der Waals surface area contributed by atoms with E-state index in [0.29, 0.717) is 18.7 Å². The number of hydrogen-bond donors (Lipinski definition) is 1. The zero-order valence-electron chi connectivity index (χ0n) is 12.0. The fraction of sp³-hybridized carbons (Fsp3) is 0.500. The number of aliphatic hydroxyl groups excluding tert-OH is 1. The van der Waals surface area contributed by atoms with Crippen LogP contribution in [0.15, 0.2) is 18.2 Å². The minimum atomic E-state index is -0.576. The van der Waals surface area contributed by atoms with Gasteiger partial charge in [-0.2, -0.15) is 0 Å². The number of benzene rings is 1. The van der Waals surface area contributed by atoms with Gasteiger partial charge in [-0.15, -0.1) is 0 Å². The Labute approximate surface area is 122 Å². The number of β-amino-alcohol motifs (C(OH)–C–C–N with tert-alkyl or cyclic N) is 1. The minimum absolute atomic E-state index is 0.140. The number of hydrogen-bond acceptors (Lipinski definition) is 5. The molecule has 2 rings (SSSR count). The van der Waals surface area contributed by atoms with Crippen LogP contribution in [0.1, 0.15) is 23.7 Å². The number of non-ortho nitro benzene ring substituents is 1. The highest BCUT2D eigenvalue weighted by molar-refractivity contribution is 5.97. The van der Waals surface area contributed by atoms with Crippen LogP contribution in [-0.2, 0) is 0 Å². The maximum Gasteiger partial charge on any atom is 0.270 e. The Bertz CT molecular complexity index is 560. The number of carbonyl (C=O) groups excluding carboxylic acids is 1. The first-order valence-corrected chi connectivity index (χ1v) is 6.73. The fourth-order valence-electron chi connectivity index (χ4n) is 2.38. The number of rotatable bonds is 3. The van der Waals surface area contributed by atoms with Gasteiger partial charge in [-0.05, 0) is 18.4 Å². The Morgan fingerprint density at radius 2 is 2.24 bits per heavy atom. The van der Waals surface area contributed by atoms with Crippen LogP contribution < -0.4 is 4.74 Å². The van der Waals surface area contributed by atoms with Crippen molar-refractivity contribution in [1.82, 2.24) is 4.90 Å². The molecule has 1 saturated heterocycles. The summed E-state index contributed by atoms with van der Waals surface area (Å²) in [5.41, 5.74) is -0.0153. The molecule has 0 radical (unpaired) electrons. The van der Waals surface area contributed by atoms with E-state index in [1.807, 2.05) is 6.92 Å². The molecule has 1 N–H and O–H groups in total. The van der Waals surface area contributed by atoms with Gasteiger partial charge in [-0.1, -0.05) is 6.92 Å². The molecule has 0 aromatic heterocycles. The molecule has 1 fully saturated rings. The number of carbonyl (C=O) groups is 1. The maximum absolute atomic E-state index is 12.5. The lowest BCUT2D eigenvalue weighted by molar-refractivity contribution is -0.384. The molecule has 7 heteroatoms. The van der Waals surface area contributed by atoms with E-state index in [-0.39, 0.29) is 29.6 Å². The number of nitro groups is 1. The SMILES string of the molecule is COc1ccc([N+](=O)[O-])cc1C(=O)N1CCC(C)C(O)C1. The molecule has 21 heavy (non-hydrogen) atoms. The van der Waals surface area contributed by atoms with Gasteiger partial charge in [0.25, 0.3) is 11.6 Å².